The predicted octanol–water partition coefficient (Wildman–Crippen LogP) is 2.67. The summed E-state index contributed by atoms with van der Waals surface area (Å²) in [5, 5.41) is 2.23. The first-order valence-corrected chi connectivity index (χ1v) is 5.43. The highest BCUT2D eigenvalue weighted by Crippen LogP contribution is 2.08. The summed E-state index contributed by atoms with van der Waals surface area (Å²) in [6.07, 6.45) is -2.54. The lowest BCUT2D eigenvalue weighted by atomic mass is 10.2. The van der Waals surface area contributed by atoms with Gasteiger partial charge in [-0.3, -0.25) is 4.79 Å². The van der Waals surface area contributed by atoms with Gasteiger partial charge in [0.15, 0.2) is 0 Å². The quantitative estimate of drug-likeness (QED) is 0.851. The highest BCUT2D eigenvalue weighted by atomic mass is 127. The molecular formula is C10H10F2INO. The summed E-state index contributed by atoms with van der Waals surface area (Å²) < 4.78 is 25.2. The van der Waals surface area contributed by atoms with Gasteiger partial charge in [-0.25, -0.2) is 8.78 Å². The van der Waals surface area contributed by atoms with Crippen molar-refractivity contribution in [1.29, 1.82) is 0 Å². The number of amides is 1. The van der Waals surface area contributed by atoms with Crippen LogP contribution in [-0.2, 0) is 0 Å². The Labute approximate surface area is 100 Å². The Hall–Kier alpha value is -0.720. The van der Waals surface area contributed by atoms with Crippen molar-refractivity contribution in [1.82, 2.24) is 5.32 Å². The van der Waals surface area contributed by atoms with Crippen LogP contribution in [0.3, 0.4) is 0 Å². The van der Waals surface area contributed by atoms with Gasteiger partial charge in [-0.15, -0.1) is 0 Å². The first kappa shape index (κ1) is 12.4. The van der Waals surface area contributed by atoms with Crippen molar-refractivity contribution in [2.75, 3.05) is 0 Å². The molecule has 1 aromatic rings. The Morgan fingerprint density at radius 3 is 2.67 bits per heavy atom. The molecule has 82 valence electrons. The van der Waals surface area contributed by atoms with Gasteiger partial charge in [-0.05, 0) is 47.7 Å². The fraction of sp³-hybridized carbons (Fsp3) is 0.300. The molecular weight excluding hydrogens is 315 g/mol. The average molecular weight is 325 g/mol. The van der Waals surface area contributed by atoms with E-state index in [4.69, 9.17) is 0 Å². The Kier molecular flexibility index (Phi) is 4.44. The van der Waals surface area contributed by atoms with Gasteiger partial charge in [0, 0.05) is 9.13 Å². The van der Waals surface area contributed by atoms with E-state index in [2.05, 4.69) is 27.9 Å². The number of carbonyl (C=O) groups excluding carboxylic acids is 1. The van der Waals surface area contributed by atoms with Gasteiger partial charge in [0.1, 0.15) is 0 Å². The van der Waals surface area contributed by atoms with E-state index in [-0.39, 0.29) is 0 Å². The van der Waals surface area contributed by atoms with Crippen LogP contribution < -0.4 is 5.32 Å². The van der Waals surface area contributed by atoms with Crippen LogP contribution in [0.2, 0.25) is 0 Å². The monoisotopic (exact) mass is 325 g/mol. The molecule has 0 saturated carbocycles. The van der Waals surface area contributed by atoms with Crippen molar-refractivity contribution in [2.45, 2.75) is 19.4 Å². The molecule has 1 aromatic carbocycles. The van der Waals surface area contributed by atoms with Crippen LogP contribution in [0.25, 0.3) is 0 Å². The second-order valence-corrected chi connectivity index (χ2v) is 4.35. The van der Waals surface area contributed by atoms with E-state index >= 15 is 0 Å². The molecule has 0 aliphatic rings. The van der Waals surface area contributed by atoms with Crippen LogP contribution in [0.5, 0.6) is 0 Å². The van der Waals surface area contributed by atoms with Crippen LogP contribution in [-0.4, -0.2) is 18.4 Å². The summed E-state index contributed by atoms with van der Waals surface area (Å²) in [6, 6.07) is 5.65. The van der Waals surface area contributed by atoms with Gasteiger partial charge >= 0.3 is 0 Å². The molecule has 0 saturated heterocycles. The zero-order valence-electron chi connectivity index (χ0n) is 8.01. The summed E-state index contributed by atoms with van der Waals surface area (Å²) in [7, 11) is 0. The van der Waals surface area contributed by atoms with Gasteiger partial charge in [0.2, 0.25) is 0 Å². The second-order valence-electron chi connectivity index (χ2n) is 3.11. The smallest absolute Gasteiger partial charge is 0.258 e. The number of nitrogens with one attached hydrogen (secondary N) is 1. The van der Waals surface area contributed by atoms with Gasteiger partial charge in [0.05, 0.1) is 6.04 Å². The fourth-order valence-electron chi connectivity index (χ4n) is 0.983. The molecule has 0 aliphatic carbocycles. The lowest BCUT2D eigenvalue weighted by molar-refractivity contribution is 0.0780. The molecule has 0 spiro atoms. The van der Waals surface area contributed by atoms with Crippen molar-refractivity contribution < 1.29 is 13.6 Å². The fourth-order valence-corrected chi connectivity index (χ4v) is 1.53. The van der Waals surface area contributed by atoms with E-state index in [1.807, 2.05) is 6.07 Å². The van der Waals surface area contributed by atoms with E-state index in [9.17, 15) is 13.6 Å². The summed E-state index contributed by atoms with van der Waals surface area (Å²) in [6.45, 7) is 1.27. The average Bonchev–Trinajstić information content (AvgIpc) is 2.17. The molecule has 1 amide bonds. The third-order valence-electron chi connectivity index (χ3n) is 1.82. The van der Waals surface area contributed by atoms with Crippen molar-refractivity contribution in [3.05, 3.63) is 33.4 Å². The number of rotatable bonds is 3. The predicted molar refractivity (Wildman–Crippen MR) is 62.1 cm³/mol. The molecule has 1 atom stereocenters. The van der Waals surface area contributed by atoms with Gasteiger partial charge in [0.25, 0.3) is 12.3 Å². The third kappa shape index (κ3) is 3.73. The number of carbonyl (C=O) groups is 1. The zero-order chi connectivity index (χ0) is 11.4. The molecule has 0 heterocycles. The number of hydrogen-bond acceptors (Lipinski definition) is 1. The minimum absolute atomic E-state index is 0.398. The minimum atomic E-state index is -2.54. The van der Waals surface area contributed by atoms with E-state index in [0.29, 0.717) is 5.56 Å². The van der Waals surface area contributed by atoms with E-state index in [0.717, 1.165) is 3.57 Å². The van der Waals surface area contributed by atoms with Crippen LogP contribution >= 0.6 is 22.6 Å². The van der Waals surface area contributed by atoms with Crippen LogP contribution in [0.4, 0.5) is 8.78 Å². The second kappa shape index (κ2) is 5.39. The molecule has 0 aromatic heterocycles. The lowest BCUT2D eigenvalue weighted by Gasteiger charge is -2.12. The van der Waals surface area contributed by atoms with E-state index in [1.165, 1.54) is 6.92 Å². The minimum Gasteiger partial charge on any atom is -0.344 e. The maximum atomic E-state index is 12.2. The maximum absolute atomic E-state index is 12.2. The largest absolute Gasteiger partial charge is 0.344 e. The number of alkyl halides is 2. The van der Waals surface area contributed by atoms with Crippen LogP contribution in [0, 0.1) is 3.57 Å². The zero-order valence-corrected chi connectivity index (χ0v) is 10.2. The molecule has 1 N–H and O–H groups in total. The number of halogens is 3. The third-order valence-corrected chi connectivity index (χ3v) is 2.49. The molecule has 0 fully saturated rings. The standard InChI is InChI=1S/C10H10F2INO/c1-6(9(11)12)14-10(15)7-3-2-4-8(13)5-7/h2-6,9H,1H3,(H,14,15). The summed E-state index contributed by atoms with van der Waals surface area (Å²) in [5.41, 5.74) is 0.398. The van der Waals surface area contributed by atoms with Gasteiger partial charge < -0.3 is 5.32 Å². The molecule has 15 heavy (non-hydrogen) atoms. The van der Waals surface area contributed by atoms with Crippen molar-refractivity contribution in [3.63, 3.8) is 0 Å². The van der Waals surface area contributed by atoms with Crippen molar-refractivity contribution >= 4 is 28.5 Å². The molecule has 2 nitrogen and oxygen atoms in total. The SMILES string of the molecule is CC(NC(=O)c1cccc(I)c1)C(F)F. The number of hydrogen-bond donors (Lipinski definition) is 1. The highest BCUT2D eigenvalue weighted by molar-refractivity contribution is 14.1. The molecule has 5 heteroatoms. The van der Waals surface area contributed by atoms with E-state index < -0.39 is 18.4 Å². The maximum Gasteiger partial charge on any atom is 0.258 e. The normalized spacial score (nSPS) is 12.6. The van der Waals surface area contributed by atoms with Gasteiger partial charge in [-0.2, -0.15) is 0 Å². The Bertz CT molecular complexity index is 357. The Morgan fingerprint density at radius 2 is 2.13 bits per heavy atom. The van der Waals surface area contributed by atoms with Crippen molar-refractivity contribution in [2.24, 2.45) is 0 Å². The molecule has 0 aliphatic heterocycles. The molecule has 0 radical (unpaired) electrons. The summed E-state index contributed by atoms with van der Waals surface area (Å²) in [5.74, 6) is -0.471. The summed E-state index contributed by atoms with van der Waals surface area (Å²) in [4.78, 5) is 11.5. The summed E-state index contributed by atoms with van der Waals surface area (Å²) >= 11 is 2.06. The first-order chi connectivity index (χ1) is 7.00. The molecule has 1 rings (SSSR count). The molecule has 1 unspecified atom stereocenters. The van der Waals surface area contributed by atoms with E-state index in [1.54, 1.807) is 18.2 Å². The highest BCUT2D eigenvalue weighted by Gasteiger charge is 2.17. The topological polar surface area (TPSA) is 29.1 Å². The number of benzene rings is 1. The molecule has 0 bridgehead atoms. The Morgan fingerprint density at radius 1 is 1.47 bits per heavy atom. The van der Waals surface area contributed by atoms with Gasteiger partial charge in [-0.1, -0.05) is 6.07 Å². The Balaban J connectivity index is 2.69. The van der Waals surface area contributed by atoms with Crippen molar-refractivity contribution in [3.8, 4) is 0 Å². The van der Waals surface area contributed by atoms with Crippen LogP contribution in [0.15, 0.2) is 24.3 Å². The lowest BCUT2D eigenvalue weighted by Crippen LogP contribution is -2.37. The van der Waals surface area contributed by atoms with Crippen LogP contribution in [0.1, 0.15) is 17.3 Å². The first-order valence-electron chi connectivity index (χ1n) is 4.35.